The molecule has 0 saturated heterocycles. The number of hydrogen-bond acceptors (Lipinski definition) is 2. The highest BCUT2D eigenvalue weighted by Gasteiger charge is 2.29. The minimum Gasteiger partial charge on any atom is -0.330 e. The quantitative estimate of drug-likeness (QED) is 0.863. The molecule has 3 atom stereocenters. The van der Waals surface area contributed by atoms with Gasteiger partial charge in [-0.25, -0.2) is 0 Å². The summed E-state index contributed by atoms with van der Waals surface area (Å²) in [6, 6.07) is 6.25. The first-order valence-corrected chi connectivity index (χ1v) is 8.52. The van der Waals surface area contributed by atoms with Gasteiger partial charge in [0.25, 0.3) is 0 Å². The Morgan fingerprint density at radius 1 is 1.21 bits per heavy atom. The third-order valence-corrected chi connectivity index (χ3v) is 6.27. The van der Waals surface area contributed by atoms with Crippen LogP contribution in [0.2, 0.25) is 0 Å². The summed E-state index contributed by atoms with van der Waals surface area (Å²) >= 11 is 0. The minimum atomic E-state index is -0.913. The lowest BCUT2D eigenvalue weighted by Gasteiger charge is -2.24. The van der Waals surface area contributed by atoms with E-state index in [0.29, 0.717) is 12.5 Å². The molecule has 1 fully saturated rings. The lowest BCUT2D eigenvalue weighted by atomic mass is 10.0. The maximum atomic E-state index is 13.0. The van der Waals surface area contributed by atoms with Crippen molar-refractivity contribution in [3.8, 4) is 0 Å². The molecular weight excluding hydrogens is 254 g/mol. The number of nitrogens with two attached hydrogens (primary N) is 1. The Labute approximate surface area is 119 Å². The maximum Gasteiger partial charge on any atom is 0.0566 e. The summed E-state index contributed by atoms with van der Waals surface area (Å²) in [5.74, 6) is 0.420. The van der Waals surface area contributed by atoms with E-state index in [1.54, 1.807) is 0 Å². The van der Waals surface area contributed by atoms with Crippen LogP contribution in [0.15, 0.2) is 23.1 Å². The molecule has 0 spiro atoms. The lowest BCUT2D eigenvalue weighted by molar-refractivity contribution is 0.473. The molecule has 2 nitrogen and oxygen atoms in total. The summed E-state index contributed by atoms with van der Waals surface area (Å²) in [5.41, 5.74) is 8.24. The largest absolute Gasteiger partial charge is 0.330 e. The fourth-order valence-electron chi connectivity index (χ4n) is 2.99. The van der Waals surface area contributed by atoms with Gasteiger partial charge in [-0.3, -0.25) is 4.21 Å². The number of aryl methyl sites for hydroxylation is 2. The first-order valence-electron chi connectivity index (χ1n) is 7.31. The molecule has 0 aromatic heterocycles. The average molecular weight is 279 g/mol. The fourth-order valence-corrected chi connectivity index (χ4v) is 4.98. The van der Waals surface area contributed by atoms with Crippen molar-refractivity contribution in [1.82, 2.24) is 0 Å². The van der Waals surface area contributed by atoms with Gasteiger partial charge in [-0.2, -0.15) is 0 Å². The van der Waals surface area contributed by atoms with Gasteiger partial charge >= 0.3 is 0 Å². The van der Waals surface area contributed by atoms with Crippen LogP contribution in [0.5, 0.6) is 0 Å². The van der Waals surface area contributed by atoms with Crippen molar-refractivity contribution in [3.05, 3.63) is 29.3 Å². The average Bonchev–Trinajstić information content (AvgIpc) is 2.65. The Morgan fingerprint density at radius 3 is 2.68 bits per heavy atom. The number of benzene rings is 1. The van der Waals surface area contributed by atoms with E-state index in [-0.39, 0.29) is 5.25 Å². The molecule has 1 aliphatic rings. The van der Waals surface area contributed by atoms with Crippen LogP contribution in [0, 0.1) is 19.8 Å². The second kappa shape index (κ2) is 6.67. The molecule has 0 radical (unpaired) electrons. The van der Waals surface area contributed by atoms with Gasteiger partial charge < -0.3 is 5.73 Å². The molecule has 0 amide bonds. The zero-order valence-corrected chi connectivity index (χ0v) is 12.8. The van der Waals surface area contributed by atoms with Gasteiger partial charge in [0.05, 0.1) is 10.8 Å². The molecule has 0 bridgehead atoms. The molecule has 1 saturated carbocycles. The van der Waals surface area contributed by atoms with Crippen molar-refractivity contribution in [1.29, 1.82) is 0 Å². The summed E-state index contributed by atoms with van der Waals surface area (Å²) in [7, 11) is -0.913. The number of rotatable bonds is 3. The smallest absolute Gasteiger partial charge is 0.0566 e. The lowest BCUT2D eigenvalue weighted by Crippen LogP contribution is -2.31. The van der Waals surface area contributed by atoms with Crippen molar-refractivity contribution in [2.24, 2.45) is 11.7 Å². The highest BCUT2D eigenvalue weighted by atomic mass is 32.2. The first kappa shape index (κ1) is 14.7. The van der Waals surface area contributed by atoms with Crippen LogP contribution < -0.4 is 5.73 Å². The van der Waals surface area contributed by atoms with Crippen LogP contribution in [0.1, 0.15) is 43.2 Å². The summed E-state index contributed by atoms with van der Waals surface area (Å²) in [6.45, 7) is 4.79. The van der Waals surface area contributed by atoms with Crippen LogP contribution in [-0.2, 0) is 10.8 Å². The third kappa shape index (κ3) is 3.46. The molecule has 3 unspecified atom stereocenters. The molecule has 0 heterocycles. The highest BCUT2D eigenvalue weighted by Crippen LogP contribution is 2.30. The summed E-state index contributed by atoms with van der Waals surface area (Å²) < 4.78 is 13.0. The third-order valence-electron chi connectivity index (χ3n) is 4.23. The molecule has 1 aromatic carbocycles. The van der Waals surface area contributed by atoms with Crippen LogP contribution >= 0.6 is 0 Å². The second-order valence-corrected chi connectivity index (χ2v) is 7.38. The van der Waals surface area contributed by atoms with E-state index in [9.17, 15) is 4.21 Å². The van der Waals surface area contributed by atoms with Crippen molar-refractivity contribution in [2.45, 2.75) is 56.1 Å². The zero-order valence-electron chi connectivity index (χ0n) is 12.0. The normalized spacial score (nSPS) is 25.8. The molecule has 0 aliphatic heterocycles. The molecular formula is C16H25NOS. The fraction of sp³-hybridized carbons (Fsp3) is 0.625. The Kier molecular flexibility index (Phi) is 5.17. The highest BCUT2D eigenvalue weighted by molar-refractivity contribution is 7.85. The monoisotopic (exact) mass is 279 g/mol. The van der Waals surface area contributed by atoms with E-state index in [1.165, 1.54) is 24.8 Å². The molecule has 19 heavy (non-hydrogen) atoms. The molecule has 2 N–H and O–H groups in total. The van der Waals surface area contributed by atoms with E-state index < -0.39 is 10.8 Å². The van der Waals surface area contributed by atoms with Gasteiger partial charge in [0.1, 0.15) is 0 Å². The van der Waals surface area contributed by atoms with E-state index >= 15 is 0 Å². The Bertz CT molecular complexity index is 458. The topological polar surface area (TPSA) is 43.1 Å². The van der Waals surface area contributed by atoms with Gasteiger partial charge in [0.2, 0.25) is 0 Å². The molecule has 1 aromatic rings. The van der Waals surface area contributed by atoms with Gasteiger partial charge in [-0.15, -0.1) is 0 Å². The van der Waals surface area contributed by atoms with E-state index in [4.69, 9.17) is 5.73 Å². The minimum absolute atomic E-state index is 0.244. The first-order chi connectivity index (χ1) is 9.13. The molecule has 106 valence electrons. The van der Waals surface area contributed by atoms with Gasteiger partial charge in [-0.1, -0.05) is 31.4 Å². The predicted molar refractivity (Wildman–Crippen MR) is 81.7 cm³/mol. The summed E-state index contributed by atoms with van der Waals surface area (Å²) in [6.07, 6.45) is 5.89. The van der Waals surface area contributed by atoms with Gasteiger partial charge in [-0.05, 0) is 56.3 Å². The molecule has 1 aliphatic carbocycles. The summed E-state index contributed by atoms with van der Waals surface area (Å²) in [5, 5.41) is 0.244. The van der Waals surface area contributed by atoms with Gasteiger partial charge in [0.15, 0.2) is 0 Å². The maximum absolute atomic E-state index is 13.0. The van der Waals surface area contributed by atoms with Crippen LogP contribution in [0.3, 0.4) is 0 Å². The van der Waals surface area contributed by atoms with Crippen molar-refractivity contribution < 1.29 is 4.21 Å². The zero-order chi connectivity index (χ0) is 13.8. The van der Waals surface area contributed by atoms with Gasteiger partial charge in [0, 0.05) is 10.1 Å². The second-order valence-electron chi connectivity index (χ2n) is 5.74. The SMILES string of the molecule is Cc1ccc(C)c(S(=O)C2CCCCCC2CN)c1. The Hall–Kier alpha value is -0.670. The van der Waals surface area contributed by atoms with Crippen LogP contribution in [-0.4, -0.2) is 16.0 Å². The predicted octanol–water partition coefficient (Wildman–Crippen LogP) is 3.32. The van der Waals surface area contributed by atoms with Crippen molar-refractivity contribution in [3.63, 3.8) is 0 Å². The summed E-state index contributed by atoms with van der Waals surface area (Å²) in [4.78, 5) is 1.02. The molecule has 3 heteroatoms. The van der Waals surface area contributed by atoms with Crippen LogP contribution in [0.4, 0.5) is 0 Å². The standard InChI is InChI=1S/C16H25NOS/c1-12-8-9-13(2)16(10-12)19(18)15-7-5-3-4-6-14(15)11-17/h8-10,14-15H,3-7,11,17H2,1-2H3. The van der Waals surface area contributed by atoms with Crippen molar-refractivity contribution >= 4 is 10.8 Å². The Morgan fingerprint density at radius 2 is 1.95 bits per heavy atom. The molecule has 2 rings (SSSR count). The van der Waals surface area contributed by atoms with Crippen molar-refractivity contribution in [2.75, 3.05) is 6.54 Å². The van der Waals surface area contributed by atoms with Crippen LogP contribution in [0.25, 0.3) is 0 Å². The van der Waals surface area contributed by atoms with E-state index in [2.05, 4.69) is 32.0 Å². The van der Waals surface area contributed by atoms with E-state index in [0.717, 1.165) is 23.3 Å². The Balaban J connectivity index is 2.27. The van der Waals surface area contributed by atoms with E-state index in [1.807, 2.05) is 0 Å². The number of hydrogen-bond donors (Lipinski definition) is 1.